The molecule has 1 fully saturated rings. The second-order valence-electron chi connectivity index (χ2n) is 8.13. The quantitative estimate of drug-likeness (QED) is 0.748. The highest BCUT2D eigenvalue weighted by atomic mass is 19.4. The first-order valence-electron chi connectivity index (χ1n) is 10.7. The van der Waals surface area contributed by atoms with Crippen molar-refractivity contribution in [1.82, 2.24) is 10.2 Å². The summed E-state index contributed by atoms with van der Waals surface area (Å²) < 4.78 is 50.0. The van der Waals surface area contributed by atoms with Crippen LogP contribution in [0.4, 0.5) is 13.2 Å². The van der Waals surface area contributed by atoms with Gasteiger partial charge in [0.25, 0.3) is 5.91 Å². The number of hydrogen-bond acceptors (Lipinski definition) is 5. The van der Waals surface area contributed by atoms with Gasteiger partial charge in [0, 0.05) is 38.0 Å². The Morgan fingerprint density at radius 2 is 1.84 bits per heavy atom. The fourth-order valence-corrected chi connectivity index (χ4v) is 4.38. The van der Waals surface area contributed by atoms with Crippen molar-refractivity contribution in [3.05, 3.63) is 58.0 Å². The van der Waals surface area contributed by atoms with Gasteiger partial charge in [-0.25, -0.2) is 0 Å². The molecule has 6 nitrogen and oxygen atoms in total. The third-order valence-electron chi connectivity index (χ3n) is 6.08. The van der Waals surface area contributed by atoms with Crippen LogP contribution in [0.5, 0.6) is 0 Å². The topological polar surface area (TPSA) is 71.8 Å². The molecule has 2 aromatic rings. The molecular formula is C23H25F3N2O4. The predicted octanol–water partition coefficient (Wildman–Crippen LogP) is 3.93. The van der Waals surface area contributed by atoms with Gasteiger partial charge in [0.2, 0.25) is 0 Å². The summed E-state index contributed by atoms with van der Waals surface area (Å²) in [6.45, 7) is 4.11. The Bertz CT molecular complexity index is 992. The summed E-state index contributed by atoms with van der Waals surface area (Å²) >= 11 is 0. The molecule has 1 aliphatic carbocycles. The van der Waals surface area contributed by atoms with Gasteiger partial charge < -0.3 is 14.5 Å². The van der Waals surface area contributed by atoms with E-state index in [9.17, 15) is 22.8 Å². The van der Waals surface area contributed by atoms with Gasteiger partial charge in [0.15, 0.2) is 11.5 Å². The minimum atomic E-state index is -4.41. The first kappa shape index (κ1) is 22.5. The van der Waals surface area contributed by atoms with Crippen LogP contribution >= 0.6 is 0 Å². The lowest BCUT2D eigenvalue weighted by Gasteiger charge is -2.35. The zero-order valence-corrected chi connectivity index (χ0v) is 17.8. The number of fused-ring (bicyclic) bond motifs is 1. The highest BCUT2D eigenvalue weighted by Crippen LogP contribution is 2.32. The Hall–Kier alpha value is -2.65. The van der Waals surface area contributed by atoms with Crippen molar-refractivity contribution in [2.24, 2.45) is 0 Å². The number of furan rings is 1. The van der Waals surface area contributed by atoms with E-state index in [2.05, 4.69) is 10.2 Å². The summed E-state index contributed by atoms with van der Waals surface area (Å²) in [4.78, 5) is 27.2. The van der Waals surface area contributed by atoms with Crippen LogP contribution in [0.2, 0.25) is 0 Å². The van der Waals surface area contributed by atoms with Gasteiger partial charge in [0.1, 0.15) is 5.76 Å². The molecule has 32 heavy (non-hydrogen) atoms. The summed E-state index contributed by atoms with van der Waals surface area (Å²) in [5, 5.41) is 2.86. The van der Waals surface area contributed by atoms with Crippen LogP contribution < -0.4 is 5.32 Å². The van der Waals surface area contributed by atoms with E-state index >= 15 is 0 Å². The third kappa shape index (κ3) is 4.59. The lowest BCUT2D eigenvalue weighted by Crippen LogP contribution is -2.43. The second-order valence-corrected chi connectivity index (χ2v) is 8.13. The summed E-state index contributed by atoms with van der Waals surface area (Å²) in [7, 11) is 0. The molecule has 1 amide bonds. The maximum Gasteiger partial charge on any atom is 0.416 e. The van der Waals surface area contributed by atoms with Crippen LogP contribution in [0.25, 0.3) is 0 Å². The van der Waals surface area contributed by atoms with Crippen molar-refractivity contribution in [3.63, 3.8) is 0 Å². The highest BCUT2D eigenvalue weighted by Gasteiger charge is 2.32. The summed E-state index contributed by atoms with van der Waals surface area (Å²) in [5.74, 6) is 0.229. The lowest BCUT2D eigenvalue weighted by molar-refractivity contribution is -0.137. The van der Waals surface area contributed by atoms with Crippen LogP contribution in [0, 0.1) is 6.92 Å². The summed E-state index contributed by atoms with van der Waals surface area (Å²) in [6.07, 6.45) is -2.64. The largest absolute Gasteiger partial charge is 0.455 e. The Kier molecular flexibility index (Phi) is 6.39. The van der Waals surface area contributed by atoms with Gasteiger partial charge in [-0.2, -0.15) is 13.2 Å². The number of nitrogens with zero attached hydrogens (tertiary/aromatic N) is 1. The van der Waals surface area contributed by atoms with Crippen molar-refractivity contribution in [1.29, 1.82) is 0 Å². The van der Waals surface area contributed by atoms with Crippen LogP contribution in [0.15, 0.2) is 28.7 Å². The molecule has 4 rings (SSSR count). The second kappa shape index (κ2) is 9.07. The summed E-state index contributed by atoms with van der Waals surface area (Å²) in [6, 6.07) is 4.69. The molecular weight excluding hydrogens is 425 g/mol. The maximum absolute atomic E-state index is 13.0. The highest BCUT2D eigenvalue weighted by molar-refractivity contribution is 6.03. The zero-order chi connectivity index (χ0) is 22.9. The number of morpholine rings is 1. The molecule has 1 N–H and O–H groups in total. The molecule has 0 spiro atoms. The van der Waals surface area contributed by atoms with Crippen molar-refractivity contribution < 1.29 is 31.9 Å². The molecule has 2 heterocycles. The van der Waals surface area contributed by atoms with Crippen molar-refractivity contribution in [2.45, 2.75) is 38.4 Å². The average Bonchev–Trinajstić information content (AvgIpc) is 3.12. The maximum atomic E-state index is 13.0. The molecule has 1 aliphatic heterocycles. The SMILES string of the molecule is Cc1c(C(=O)NCC(c2ccc(C(F)(F)F)cc2)N2CCOCC2)oc2c1C(=O)CCC2. The molecule has 0 saturated carbocycles. The van der Waals surface area contributed by atoms with E-state index in [1.54, 1.807) is 6.92 Å². The Morgan fingerprint density at radius 3 is 2.47 bits per heavy atom. The fraction of sp³-hybridized carbons (Fsp3) is 0.478. The van der Waals surface area contributed by atoms with E-state index in [0.29, 0.717) is 68.0 Å². The number of ketones is 1. The first-order valence-corrected chi connectivity index (χ1v) is 10.7. The molecule has 1 aromatic carbocycles. The van der Waals surface area contributed by atoms with Crippen LogP contribution in [-0.4, -0.2) is 49.4 Å². The molecule has 1 atom stereocenters. The van der Waals surface area contributed by atoms with Crippen LogP contribution in [0.3, 0.4) is 0 Å². The smallest absolute Gasteiger partial charge is 0.416 e. The zero-order valence-electron chi connectivity index (χ0n) is 17.8. The Morgan fingerprint density at radius 1 is 1.16 bits per heavy atom. The van der Waals surface area contributed by atoms with E-state index in [1.165, 1.54) is 12.1 Å². The Labute approximate surface area is 183 Å². The first-order chi connectivity index (χ1) is 15.3. The number of rotatable bonds is 5. The van der Waals surface area contributed by atoms with E-state index in [1.807, 2.05) is 0 Å². The van der Waals surface area contributed by atoms with Crippen molar-refractivity contribution in [3.8, 4) is 0 Å². The monoisotopic (exact) mass is 450 g/mol. The number of Topliss-reactive ketones (excluding diaryl/α,β-unsaturated/α-hetero) is 1. The number of alkyl halides is 3. The van der Waals surface area contributed by atoms with Crippen LogP contribution in [-0.2, 0) is 17.3 Å². The van der Waals surface area contributed by atoms with E-state index in [0.717, 1.165) is 12.1 Å². The Balaban J connectivity index is 1.53. The molecule has 2 aliphatic rings. The van der Waals surface area contributed by atoms with Gasteiger partial charge in [-0.15, -0.1) is 0 Å². The minimum Gasteiger partial charge on any atom is -0.455 e. The predicted molar refractivity (Wildman–Crippen MR) is 110 cm³/mol. The number of aryl methyl sites for hydroxylation is 1. The van der Waals surface area contributed by atoms with E-state index in [4.69, 9.17) is 9.15 Å². The van der Waals surface area contributed by atoms with Crippen LogP contribution in [0.1, 0.15) is 62.2 Å². The number of carbonyl (C=O) groups is 2. The van der Waals surface area contributed by atoms with Gasteiger partial charge in [-0.1, -0.05) is 12.1 Å². The van der Waals surface area contributed by atoms with E-state index < -0.39 is 17.6 Å². The van der Waals surface area contributed by atoms with Gasteiger partial charge in [0.05, 0.1) is 30.4 Å². The fourth-order valence-electron chi connectivity index (χ4n) is 4.38. The number of halogens is 3. The number of benzene rings is 1. The average molecular weight is 450 g/mol. The van der Waals surface area contributed by atoms with Gasteiger partial charge in [-0.3, -0.25) is 14.5 Å². The number of amides is 1. The molecule has 1 saturated heterocycles. The number of nitrogens with one attached hydrogen (secondary N) is 1. The normalized spacial score (nSPS) is 18.3. The van der Waals surface area contributed by atoms with Gasteiger partial charge >= 0.3 is 6.18 Å². The number of hydrogen-bond donors (Lipinski definition) is 1. The molecule has 1 aromatic heterocycles. The molecule has 1 unspecified atom stereocenters. The third-order valence-corrected chi connectivity index (χ3v) is 6.08. The van der Waals surface area contributed by atoms with E-state index in [-0.39, 0.29) is 24.1 Å². The molecule has 9 heteroatoms. The lowest BCUT2D eigenvalue weighted by atomic mass is 9.94. The standard InChI is InChI=1S/C23H25F3N2O4/c1-14-20-18(29)3-2-4-19(20)32-21(14)22(30)27-13-17(28-9-11-31-12-10-28)15-5-7-16(8-6-15)23(24,25)26/h5-8,17H,2-4,9-13H2,1H3,(H,27,30). The molecule has 0 radical (unpaired) electrons. The molecule has 172 valence electrons. The minimum absolute atomic E-state index is 0.0116. The number of carbonyl (C=O) groups excluding carboxylic acids is 2. The van der Waals surface area contributed by atoms with Crippen molar-refractivity contribution >= 4 is 11.7 Å². The van der Waals surface area contributed by atoms with Crippen molar-refractivity contribution in [2.75, 3.05) is 32.8 Å². The van der Waals surface area contributed by atoms with Gasteiger partial charge in [-0.05, 0) is 31.0 Å². The molecule has 0 bridgehead atoms. The number of ether oxygens (including phenoxy) is 1. The summed E-state index contributed by atoms with van der Waals surface area (Å²) in [5.41, 5.74) is 1.01.